The summed E-state index contributed by atoms with van der Waals surface area (Å²) < 4.78 is 5.94. The quantitative estimate of drug-likeness (QED) is 0.812. The van der Waals surface area contributed by atoms with Gasteiger partial charge in [0.15, 0.2) is 0 Å². The van der Waals surface area contributed by atoms with Gasteiger partial charge < -0.3 is 10.1 Å². The van der Waals surface area contributed by atoms with Crippen molar-refractivity contribution < 1.29 is 4.74 Å². The van der Waals surface area contributed by atoms with Crippen molar-refractivity contribution >= 4 is 0 Å². The maximum absolute atomic E-state index is 5.94. The van der Waals surface area contributed by atoms with Gasteiger partial charge in [-0.25, -0.2) is 0 Å². The van der Waals surface area contributed by atoms with Crippen molar-refractivity contribution in [2.75, 3.05) is 13.2 Å². The van der Waals surface area contributed by atoms with E-state index in [0.717, 1.165) is 25.3 Å². The molecule has 0 amide bonds. The summed E-state index contributed by atoms with van der Waals surface area (Å²) in [5.74, 6) is 0.993. The monoisotopic (exact) mass is 289 g/mol. The van der Waals surface area contributed by atoms with E-state index in [2.05, 4.69) is 26.1 Å². The normalized spacial score (nSPS) is 18.4. The van der Waals surface area contributed by atoms with Crippen LogP contribution in [-0.2, 0) is 0 Å². The smallest absolute Gasteiger partial charge is 0.119 e. The average molecular weight is 289 g/mol. The van der Waals surface area contributed by atoms with Gasteiger partial charge in [-0.05, 0) is 57.6 Å². The Morgan fingerprint density at radius 1 is 1.05 bits per heavy atom. The van der Waals surface area contributed by atoms with Crippen LogP contribution in [0.1, 0.15) is 59.3 Å². The minimum Gasteiger partial charge on any atom is -0.494 e. The van der Waals surface area contributed by atoms with Crippen molar-refractivity contribution in [3.05, 3.63) is 30.3 Å². The molecule has 2 nitrogen and oxygen atoms in total. The molecule has 0 atom stereocenters. The summed E-state index contributed by atoms with van der Waals surface area (Å²) in [6.45, 7) is 8.71. The van der Waals surface area contributed by atoms with E-state index in [0.29, 0.717) is 5.41 Å². The third-order valence-corrected chi connectivity index (χ3v) is 4.55. The molecule has 0 aromatic heterocycles. The predicted octanol–water partition coefficient (Wildman–Crippen LogP) is 4.79. The fourth-order valence-electron chi connectivity index (χ4n) is 3.17. The van der Waals surface area contributed by atoms with Gasteiger partial charge in [0.2, 0.25) is 0 Å². The van der Waals surface area contributed by atoms with Gasteiger partial charge in [0, 0.05) is 12.1 Å². The second-order valence-corrected chi connectivity index (χ2v) is 7.58. The number of hydrogen-bond acceptors (Lipinski definition) is 2. The Bertz CT molecular complexity index is 401. The lowest BCUT2D eigenvalue weighted by atomic mass is 9.71. The molecular weight excluding hydrogens is 258 g/mol. The zero-order valence-electron chi connectivity index (χ0n) is 14.0. The molecule has 0 spiro atoms. The number of rotatable bonds is 6. The summed E-state index contributed by atoms with van der Waals surface area (Å²) in [5.41, 5.74) is 0.630. The third-order valence-electron chi connectivity index (χ3n) is 4.55. The molecule has 118 valence electrons. The van der Waals surface area contributed by atoms with Crippen LogP contribution in [0.2, 0.25) is 0 Å². The lowest BCUT2D eigenvalue weighted by Gasteiger charge is -2.39. The van der Waals surface area contributed by atoms with E-state index in [9.17, 15) is 0 Å². The lowest BCUT2D eigenvalue weighted by Crippen LogP contribution is -2.45. The molecule has 1 aromatic carbocycles. The summed E-state index contributed by atoms with van der Waals surface area (Å²) >= 11 is 0. The van der Waals surface area contributed by atoms with E-state index >= 15 is 0 Å². The summed E-state index contributed by atoms with van der Waals surface area (Å²) in [7, 11) is 0. The van der Waals surface area contributed by atoms with Crippen LogP contribution in [0.4, 0.5) is 0 Å². The van der Waals surface area contributed by atoms with E-state index in [1.165, 1.54) is 32.1 Å². The van der Waals surface area contributed by atoms with Crippen molar-refractivity contribution in [2.24, 2.45) is 5.41 Å². The molecule has 2 heteroatoms. The Morgan fingerprint density at radius 3 is 2.33 bits per heavy atom. The Kier molecular flexibility index (Phi) is 5.69. The maximum atomic E-state index is 5.94. The van der Waals surface area contributed by atoms with E-state index in [-0.39, 0.29) is 5.54 Å². The fraction of sp³-hybridized carbons (Fsp3) is 0.684. The number of benzene rings is 1. The summed E-state index contributed by atoms with van der Waals surface area (Å²) in [6.07, 6.45) is 7.98. The van der Waals surface area contributed by atoms with Gasteiger partial charge in [0.1, 0.15) is 5.75 Å². The van der Waals surface area contributed by atoms with Crippen LogP contribution >= 0.6 is 0 Å². The molecule has 1 saturated carbocycles. The minimum absolute atomic E-state index is 0.199. The first-order valence-corrected chi connectivity index (χ1v) is 8.42. The summed E-state index contributed by atoms with van der Waals surface area (Å²) in [4.78, 5) is 0. The third kappa shape index (κ3) is 5.70. The molecule has 0 aliphatic heterocycles. The van der Waals surface area contributed by atoms with Crippen molar-refractivity contribution in [3.8, 4) is 5.75 Å². The van der Waals surface area contributed by atoms with Gasteiger partial charge in [0.05, 0.1) is 6.61 Å². The van der Waals surface area contributed by atoms with Gasteiger partial charge in [0.25, 0.3) is 0 Å². The van der Waals surface area contributed by atoms with Crippen LogP contribution in [0.25, 0.3) is 0 Å². The molecule has 0 unspecified atom stereocenters. The molecule has 21 heavy (non-hydrogen) atoms. The molecular formula is C19H31NO. The molecule has 1 N–H and O–H groups in total. The number of ether oxygens (including phenoxy) is 1. The Morgan fingerprint density at radius 2 is 1.71 bits per heavy atom. The van der Waals surface area contributed by atoms with Crippen molar-refractivity contribution in [3.63, 3.8) is 0 Å². The van der Waals surface area contributed by atoms with E-state index in [4.69, 9.17) is 4.74 Å². The number of nitrogens with one attached hydrogen (secondary N) is 1. The van der Waals surface area contributed by atoms with Crippen molar-refractivity contribution in [1.29, 1.82) is 0 Å². The fourth-order valence-corrected chi connectivity index (χ4v) is 3.17. The van der Waals surface area contributed by atoms with Gasteiger partial charge in [-0.1, -0.05) is 37.5 Å². The highest BCUT2D eigenvalue weighted by Crippen LogP contribution is 2.39. The lowest BCUT2D eigenvalue weighted by molar-refractivity contribution is 0.124. The van der Waals surface area contributed by atoms with E-state index in [1.54, 1.807) is 0 Å². The minimum atomic E-state index is 0.199. The molecule has 0 bridgehead atoms. The topological polar surface area (TPSA) is 21.3 Å². The molecule has 1 aliphatic rings. The second kappa shape index (κ2) is 7.31. The zero-order valence-corrected chi connectivity index (χ0v) is 14.0. The van der Waals surface area contributed by atoms with E-state index < -0.39 is 0 Å². The zero-order chi connectivity index (χ0) is 15.2. The largest absolute Gasteiger partial charge is 0.494 e. The highest BCUT2D eigenvalue weighted by atomic mass is 16.5. The molecule has 0 radical (unpaired) electrons. The van der Waals surface area contributed by atoms with Crippen LogP contribution in [-0.4, -0.2) is 18.7 Å². The van der Waals surface area contributed by atoms with Crippen LogP contribution in [0.15, 0.2) is 30.3 Å². The average Bonchev–Trinajstić information content (AvgIpc) is 2.47. The van der Waals surface area contributed by atoms with Gasteiger partial charge >= 0.3 is 0 Å². The van der Waals surface area contributed by atoms with Crippen LogP contribution in [0.3, 0.4) is 0 Å². The molecule has 0 saturated heterocycles. The number of hydrogen-bond donors (Lipinski definition) is 1. The molecule has 0 heterocycles. The van der Waals surface area contributed by atoms with Crippen molar-refractivity contribution in [1.82, 2.24) is 5.32 Å². The first-order chi connectivity index (χ1) is 9.99. The summed E-state index contributed by atoms with van der Waals surface area (Å²) in [6, 6.07) is 10.2. The maximum Gasteiger partial charge on any atom is 0.119 e. The first-order valence-electron chi connectivity index (χ1n) is 8.42. The SMILES string of the molecule is CC(C)(C)NCC1(CCOc2ccccc2)CCCCC1. The van der Waals surface area contributed by atoms with Crippen LogP contribution in [0.5, 0.6) is 5.75 Å². The Balaban J connectivity index is 1.87. The van der Waals surface area contributed by atoms with Crippen LogP contribution < -0.4 is 10.1 Å². The Labute approximate surface area is 130 Å². The molecule has 1 aliphatic carbocycles. The van der Waals surface area contributed by atoms with Crippen LogP contribution in [0, 0.1) is 5.41 Å². The standard InChI is InChI=1S/C19H31NO/c1-18(2,3)20-16-19(12-8-5-9-13-19)14-15-21-17-10-6-4-7-11-17/h4,6-7,10-11,20H,5,8-9,12-16H2,1-3H3. The summed E-state index contributed by atoms with van der Waals surface area (Å²) in [5, 5.41) is 3.73. The number of para-hydroxylation sites is 1. The van der Waals surface area contributed by atoms with Gasteiger partial charge in [-0.3, -0.25) is 0 Å². The predicted molar refractivity (Wildman–Crippen MR) is 89.8 cm³/mol. The second-order valence-electron chi connectivity index (χ2n) is 7.58. The van der Waals surface area contributed by atoms with Gasteiger partial charge in [-0.2, -0.15) is 0 Å². The van der Waals surface area contributed by atoms with E-state index in [1.807, 2.05) is 30.3 Å². The highest BCUT2D eigenvalue weighted by Gasteiger charge is 2.32. The highest BCUT2D eigenvalue weighted by molar-refractivity contribution is 5.20. The first kappa shape index (κ1) is 16.4. The molecule has 1 fully saturated rings. The van der Waals surface area contributed by atoms with Gasteiger partial charge in [-0.15, -0.1) is 0 Å². The van der Waals surface area contributed by atoms with Crippen molar-refractivity contribution in [2.45, 2.75) is 64.8 Å². The molecule has 1 aromatic rings. The Hall–Kier alpha value is -1.02. The molecule has 2 rings (SSSR count).